The maximum absolute atomic E-state index is 12.6. The van der Waals surface area contributed by atoms with Gasteiger partial charge in [-0.3, -0.25) is 4.79 Å². The lowest BCUT2D eigenvalue weighted by molar-refractivity contribution is -0.917. The lowest BCUT2D eigenvalue weighted by atomic mass is 10.1. The normalized spacial score (nSPS) is 14.9. The van der Waals surface area contributed by atoms with E-state index in [4.69, 9.17) is 4.42 Å². The lowest BCUT2D eigenvalue weighted by Crippen LogP contribution is -3.13. The summed E-state index contributed by atoms with van der Waals surface area (Å²) in [6, 6.07) is 18.5. The first kappa shape index (κ1) is 19.7. The molecule has 0 unspecified atom stereocenters. The molecule has 1 amide bonds. The number of amides is 1. The predicted octanol–water partition coefficient (Wildman–Crippen LogP) is 2.06. The van der Waals surface area contributed by atoms with Crippen molar-refractivity contribution < 1.29 is 14.1 Å². The Bertz CT molecular complexity index is 935. The number of aromatic nitrogens is 2. The van der Waals surface area contributed by atoms with Gasteiger partial charge in [0.15, 0.2) is 0 Å². The third-order valence-electron chi connectivity index (χ3n) is 5.14. The molecule has 1 fully saturated rings. The molecule has 1 aromatic heterocycles. The van der Waals surface area contributed by atoms with Gasteiger partial charge in [-0.15, -0.1) is 10.2 Å². The molecule has 0 bridgehead atoms. The number of benzene rings is 2. The van der Waals surface area contributed by atoms with Crippen LogP contribution in [0.25, 0.3) is 11.5 Å². The summed E-state index contributed by atoms with van der Waals surface area (Å²) >= 11 is 1.31. The van der Waals surface area contributed by atoms with Crippen LogP contribution in [-0.4, -0.2) is 52.9 Å². The van der Waals surface area contributed by atoms with Crippen LogP contribution in [-0.2, 0) is 11.3 Å². The molecule has 0 atom stereocenters. The molecule has 0 saturated carbocycles. The number of hydrogen-bond acceptors (Lipinski definition) is 5. The van der Waals surface area contributed by atoms with Crippen LogP contribution in [0.2, 0.25) is 0 Å². The lowest BCUT2D eigenvalue weighted by Gasteiger charge is -2.32. The molecular formula is C22H25N4O2S+. The first-order chi connectivity index (χ1) is 14.2. The van der Waals surface area contributed by atoms with E-state index in [0.29, 0.717) is 16.9 Å². The van der Waals surface area contributed by atoms with Gasteiger partial charge in [0.2, 0.25) is 11.8 Å². The zero-order chi connectivity index (χ0) is 20.1. The number of aryl methyl sites for hydroxylation is 1. The number of nitrogens with one attached hydrogen (secondary N) is 1. The number of thioether (sulfide) groups is 1. The number of rotatable bonds is 6. The molecule has 150 valence electrons. The smallest absolute Gasteiger partial charge is 0.277 e. The summed E-state index contributed by atoms with van der Waals surface area (Å²) in [4.78, 5) is 16.0. The van der Waals surface area contributed by atoms with Crippen LogP contribution >= 0.6 is 11.8 Å². The van der Waals surface area contributed by atoms with Crippen LogP contribution in [0.5, 0.6) is 0 Å². The zero-order valence-corrected chi connectivity index (χ0v) is 17.3. The summed E-state index contributed by atoms with van der Waals surface area (Å²) in [6.45, 7) is 6.59. The molecule has 3 aromatic rings. The van der Waals surface area contributed by atoms with E-state index in [2.05, 4.69) is 34.5 Å². The SMILES string of the molecule is Cc1ccc(-c2nnc(SCC(=O)N3CC[NH+](Cc4ccccc4)CC3)o2)cc1. The average Bonchev–Trinajstić information content (AvgIpc) is 3.23. The van der Waals surface area contributed by atoms with Crippen molar-refractivity contribution in [2.75, 3.05) is 31.9 Å². The Labute approximate surface area is 174 Å². The van der Waals surface area contributed by atoms with E-state index >= 15 is 0 Å². The van der Waals surface area contributed by atoms with Crippen molar-refractivity contribution in [2.45, 2.75) is 18.7 Å². The van der Waals surface area contributed by atoms with Crippen molar-refractivity contribution in [3.8, 4) is 11.5 Å². The van der Waals surface area contributed by atoms with Crippen LogP contribution in [0.15, 0.2) is 64.2 Å². The fourth-order valence-electron chi connectivity index (χ4n) is 3.43. The molecule has 6 nitrogen and oxygen atoms in total. The van der Waals surface area contributed by atoms with E-state index in [9.17, 15) is 4.79 Å². The highest BCUT2D eigenvalue weighted by Gasteiger charge is 2.24. The quantitative estimate of drug-likeness (QED) is 0.632. The second kappa shape index (κ2) is 9.24. The fraction of sp³-hybridized carbons (Fsp3) is 0.318. The third kappa shape index (κ3) is 5.25. The van der Waals surface area contributed by atoms with E-state index in [1.807, 2.05) is 42.2 Å². The molecule has 1 aliphatic heterocycles. The van der Waals surface area contributed by atoms with Crippen molar-refractivity contribution in [3.05, 3.63) is 65.7 Å². The summed E-state index contributed by atoms with van der Waals surface area (Å²) in [6.07, 6.45) is 0. The maximum Gasteiger partial charge on any atom is 0.277 e. The van der Waals surface area contributed by atoms with Crippen LogP contribution in [0.4, 0.5) is 0 Å². The molecule has 1 saturated heterocycles. The minimum atomic E-state index is 0.129. The minimum Gasteiger partial charge on any atom is -0.411 e. The van der Waals surface area contributed by atoms with Gasteiger partial charge in [-0.05, 0) is 19.1 Å². The summed E-state index contributed by atoms with van der Waals surface area (Å²) in [5, 5.41) is 8.59. The van der Waals surface area contributed by atoms with Gasteiger partial charge >= 0.3 is 0 Å². The Morgan fingerprint density at radius 1 is 1.07 bits per heavy atom. The molecular weight excluding hydrogens is 384 g/mol. The molecule has 29 heavy (non-hydrogen) atoms. The molecule has 0 spiro atoms. The number of carbonyl (C=O) groups is 1. The first-order valence-corrected chi connectivity index (χ1v) is 10.8. The van der Waals surface area contributed by atoms with Gasteiger partial charge in [-0.2, -0.15) is 0 Å². The molecule has 2 heterocycles. The summed E-state index contributed by atoms with van der Waals surface area (Å²) in [5.41, 5.74) is 3.41. The zero-order valence-electron chi connectivity index (χ0n) is 16.5. The van der Waals surface area contributed by atoms with Gasteiger partial charge in [0, 0.05) is 11.1 Å². The Hall–Kier alpha value is -2.64. The summed E-state index contributed by atoms with van der Waals surface area (Å²) in [5.74, 6) is 0.936. The minimum absolute atomic E-state index is 0.129. The Morgan fingerprint density at radius 3 is 2.52 bits per heavy atom. The molecule has 2 aromatic carbocycles. The molecule has 7 heteroatoms. The van der Waals surface area contributed by atoms with Crippen LogP contribution in [0, 0.1) is 6.92 Å². The highest BCUT2D eigenvalue weighted by molar-refractivity contribution is 7.99. The Balaban J connectivity index is 1.24. The second-order valence-electron chi connectivity index (χ2n) is 7.32. The van der Waals surface area contributed by atoms with Crippen molar-refractivity contribution in [2.24, 2.45) is 0 Å². The fourth-order valence-corrected chi connectivity index (χ4v) is 4.10. The number of quaternary nitrogens is 1. The molecule has 4 rings (SSSR count). The van der Waals surface area contributed by atoms with Crippen molar-refractivity contribution in [3.63, 3.8) is 0 Å². The number of carbonyl (C=O) groups excluding carboxylic acids is 1. The predicted molar refractivity (Wildman–Crippen MR) is 113 cm³/mol. The monoisotopic (exact) mass is 409 g/mol. The van der Waals surface area contributed by atoms with E-state index in [1.165, 1.54) is 27.8 Å². The Morgan fingerprint density at radius 2 is 1.79 bits per heavy atom. The standard InChI is InChI=1S/C22H24N4O2S/c1-17-7-9-19(10-8-17)21-23-24-22(28-21)29-16-20(27)26-13-11-25(12-14-26)15-18-5-3-2-4-6-18/h2-10H,11-16H2,1H3/p+1. The summed E-state index contributed by atoms with van der Waals surface area (Å²) in [7, 11) is 0. The van der Waals surface area contributed by atoms with Crippen molar-refractivity contribution >= 4 is 17.7 Å². The Kier molecular flexibility index (Phi) is 6.27. The van der Waals surface area contributed by atoms with E-state index in [0.717, 1.165) is 38.3 Å². The number of nitrogens with zero attached hydrogens (tertiary/aromatic N) is 3. The van der Waals surface area contributed by atoms with E-state index in [-0.39, 0.29) is 5.91 Å². The number of hydrogen-bond donors (Lipinski definition) is 1. The van der Waals surface area contributed by atoms with Gasteiger partial charge in [0.25, 0.3) is 5.22 Å². The first-order valence-electron chi connectivity index (χ1n) is 9.86. The average molecular weight is 410 g/mol. The molecule has 0 aliphatic carbocycles. The highest BCUT2D eigenvalue weighted by Crippen LogP contribution is 2.23. The molecule has 1 N–H and O–H groups in total. The van der Waals surface area contributed by atoms with Gasteiger partial charge in [-0.25, -0.2) is 0 Å². The molecule has 1 aliphatic rings. The van der Waals surface area contributed by atoms with Crippen LogP contribution in [0.1, 0.15) is 11.1 Å². The molecule has 0 radical (unpaired) electrons. The number of piperazine rings is 1. The highest BCUT2D eigenvalue weighted by atomic mass is 32.2. The van der Waals surface area contributed by atoms with Crippen LogP contribution < -0.4 is 4.90 Å². The van der Waals surface area contributed by atoms with Gasteiger partial charge in [-0.1, -0.05) is 59.8 Å². The van der Waals surface area contributed by atoms with Gasteiger partial charge in [0.1, 0.15) is 6.54 Å². The van der Waals surface area contributed by atoms with Crippen molar-refractivity contribution in [1.29, 1.82) is 0 Å². The summed E-state index contributed by atoms with van der Waals surface area (Å²) < 4.78 is 5.70. The largest absolute Gasteiger partial charge is 0.411 e. The third-order valence-corrected chi connectivity index (χ3v) is 5.95. The van der Waals surface area contributed by atoms with Gasteiger partial charge < -0.3 is 14.2 Å². The van der Waals surface area contributed by atoms with E-state index in [1.54, 1.807) is 0 Å². The van der Waals surface area contributed by atoms with Crippen molar-refractivity contribution in [1.82, 2.24) is 15.1 Å². The maximum atomic E-state index is 12.6. The van der Waals surface area contributed by atoms with Gasteiger partial charge in [0.05, 0.1) is 31.9 Å². The van der Waals surface area contributed by atoms with Crippen LogP contribution in [0.3, 0.4) is 0 Å². The second-order valence-corrected chi connectivity index (χ2v) is 8.25. The van der Waals surface area contributed by atoms with E-state index < -0.39 is 0 Å². The topological polar surface area (TPSA) is 63.7 Å².